The molecule has 16 heavy (non-hydrogen) atoms. The number of carbonyl (C=O) groups excluding carboxylic acids is 1. The molecule has 1 nitrogen and oxygen atoms in total. The van der Waals surface area contributed by atoms with Gasteiger partial charge in [-0.15, -0.1) is 6.58 Å². The molecule has 2 rings (SSSR count). The average Bonchev–Trinajstić information content (AvgIpc) is 2.73. The third kappa shape index (κ3) is 2.41. The summed E-state index contributed by atoms with van der Waals surface area (Å²) in [6.07, 6.45) is 6.40. The Morgan fingerprint density at radius 3 is 2.50 bits per heavy atom. The van der Waals surface area contributed by atoms with Crippen LogP contribution >= 0.6 is 0 Å². The molecule has 0 N–H and O–H groups in total. The topological polar surface area (TPSA) is 17.1 Å². The highest BCUT2D eigenvalue weighted by molar-refractivity contribution is 5.82. The predicted molar refractivity (Wildman–Crippen MR) is 66.4 cm³/mol. The third-order valence-electron chi connectivity index (χ3n) is 3.34. The SMILES string of the molecule is C=CCCCC(=O)C1Cc2ccccc2C1. The number of allylic oxidation sites excluding steroid dienone is 1. The van der Waals surface area contributed by atoms with Gasteiger partial charge in [-0.3, -0.25) is 4.79 Å². The Morgan fingerprint density at radius 2 is 1.94 bits per heavy atom. The quantitative estimate of drug-likeness (QED) is 0.543. The molecule has 0 aliphatic heterocycles. The van der Waals surface area contributed by atoms with Crippen molar-refractivity contribution in [1.29, 1.82) is 0 Å². The van der Waals surface area contributed by atoms with Crippen LogP contribution in [0.25, 0.3) is 0 Å². The number of benzene rings is 1. The highest BCUT2D eigenvalue weighted by atomic mass is 16.1. The summed E-state index contributed by atoms with van der Waals surface area (Å²) in [6, 6.07) is 8.41. The Labute approximate surface area is 97.2 Å². The van der Waals surface area contributed by atoms with Gasteiger partial charge >= 0.3 is 0 Å². The minimum Gasteiger partial charge on any atom is -0.299 e. The molecule has 0 amide bonds. The largest absolute Gasteiger partial charge is 0.299 e. The van der Waals surface area contributed by atoms with Crippen LogP contribution in [0.2, 0.25) is 0 Å². The molecule has 0 radical (unpaired) electrons. The van der Waals surface area contributed by atoms with E-state index in [9.17, 15) is 4.79 Å². The van der Waals surface area contributed by atoms with Gasteiger partial charge in [0, 0.05) is 12.3 Å². The standard InChI is InChI=1S/C15H18O/c1-2-3-4-9-15(16)14-10-12-7-5-6-8-13(12)11-14/h2,5-8,14H,1,3-4,9-11H2. The first-order chi connectivity index (χ1) is 7.81. The molecule has 0 spiro atoms. The van der Waals surface area contributed by atoms with E-state index in [-0.39, 0.29) is 5.92 Å². The van der Waals surface area contributed by atoms with Gasteiger partial charge < -0.3 is 0 Å². The van der Waals surface area contributed by atoms with Crippen molar-refractivity contribution in [2.75, 3.05) is 0 Å². The molecule has 0 atom stereocenters. The van der Waals surface area contributed by atoms with Crippen LogP contribution in [0, 0.1) is 5.92 Å². The number of hydrogen-bond acceptors (Lipinski definition) is 1. The molecule has 1 aliphatic rings. The van der Waals surface area contributed by atoms with Crippen molar-refractivity contribution in [3.8, 4) is 0 Å². The molecule has 1 heteroatoms. The Balaban J connectivity index is 1.90. The second-order valence-electron chi connectivity index (χ2n) is 4.52. The minimum atomic E-state index is 0.238. The highest BCUT2D eigenvalue weighted by Crippen LogP contribution is 2.28. The fourth-order valence-electron chi connectivity index (χ4n) is 2.41. The zero-order valence-electron chi connectivity index (χ0n) is 9.61. The first-order valence-electron chi connectivity index (χ1n) is 6.01. The third-order valence-corrected chi connectivity index (χ3v) is 3.34. The summed E-state index contributed by atoms with van der Waals surface area (Å²) < 4.78 is 0. The van der Waals surface area contributed by atoms with Gasteiger partial charge in [0.2, 0.25) is 0 Å². The van der Waals surface area contributed by atoms with Crippen LogP contribution in [0.3, 0.4) is 0 Å². The molecule has 0 aromatic heterocycles. The lowest BCUT2D eigenvalue weighted by Gasteiger charge is -2.06. The lowest BCUT2D eigenvalue weighted by molar-refractivity contribution is -0.122. The number of Topliss-reactive ketones (excluding diaryl/α,β-unsaturated/α-hetero) is 1. The maximum Gasteiger partial charge on any atom is 0.136 e. The van der Waals surface area contributed by atoms with Gasteiger partial charge in [-0.05, 0) is 36.8 Å². The summed E-state index contributed by atoms with van der Waals surface area (Å²) in [5.41, 5.74) is 2.73. The van der Waals surface area contributed by atoms with Crippen molar-refractivity contribution >= 4 is 5.78 Å². The molecule has 1 aliphatic carbocycles. The van der Waals surface area contributed by atoms with Crippen molar-refractivity contribution in [3.63, 3.8) is 0 Å². The first-order valence-corrected chi connectivity index (χ1v) is 6.01. The van der Waals surface area contributed by atoms with Crippen molar-refractivity contribution in [2.24, 2.45) is 5.92 Å². The number of unbranched alkanes of at least 4 members (excludes halogenated alkanes) is 1. The minimum absolute atomic E-state index is 0.238. The second kappa shape index (κ2) is 5.11. The molecule has 1 aromatic rings. The van der Waals surface area contributed by atoms with Gasteiger partial charge in [-0.25, -0.2) is 0 Å². The molecule has 0 unspecified atom stereocenters. The van der Waals surface area contributed by atoms with Crippen molar-refractivity contribution in [3.05, 3.63) is 48.0 Å². The number of ketones is 1. The summed E-state index contributed by atoms with van der Waals surface area (Å²) in [6.45, 7) is 3.68. The maximum absolute atomic E-state index is 12.0. The average molecular weight is 214 g/mol. The van der Waals surface area contributed by atoms with Crippen LogP contribution in [0.1, 0.15) is 30.4 Å². The van der Waals surface area contributed by atoms with E-state index >= 15 is 0 Å². The fraction of sp³-hybridized carbons (Fsp3) is 0.400. The lowest BCUT2D eigenvalue weighted by atomic mass is 9.97. The molecule has 1 aromatic carbocycles. The van der Waals surface area contributed by atoms with Gasteiger partial charge in [-0.1, -0.05) is 30.3 Å². The van der Waals surface area contributed by atoms with Gasteiger partial charge in [0.1, 0.15) is 5.78 Å². The van der Waals surface area contributed by atoms with E-state index in [0.717, 1.165) is 25.7 Å². The van der Waals surface area contributed by atoms with Gasteiger partial charge in [0.25, 0.3) is 0 Å². The zero-order valence-corrected chi connectivity index (χ0v) is 9.61. The molecular weight excluding hydrogens is 196 g/mol. The highest BCUT2D eigenvalue weighted by Gasteiger charge is 2.25. The molecule has 84 valence electrons. The van der Waals surface area contributed by atoms with Crippen LogP contribution in [0.5, 0.6) is 0 Å². The van der Waals surface area contributed by atoms with E-state index in [1.54, 1.807) is 0 Å². The summed E-state index contributed by atoms with van der Waals surface area (Å²) in [5.74, 6) is 0.667. The number of fused-ring (bicyclic) bond motifs is 1. The molecule has 0 fully saturated rings. The smallest absolute Gasteiger partial charge is 0.136 e. The van der Waals surface area contributed by atoms with E-state index in [0.29, 0.717) is 12.2 Å². The van der Waals surface area contributed by atoms with Crippen LogP contribution in [-0.2, 0) is 17.6 Å². The lowest BCUT2D eigenvalue weighted by Crippen LogP contribution is -2.14. The summed E-state index contributed by atoms with van der Waals surface area (Å²) in [4.78, 5) is 12.0. The molecule has 0 saturated carbocycles. The molecular formula is C15H18O. The number of hydrogen-bond donors (Lipinski definition) is 0. The van der Waals surface area contributed by atoms with E-state index in [1.807, 2.05) is 6.08 Å². The maximum atomic E-state index is 12.0. The van der Waals surface area contributed by atoms with E-state index < -0.39 is 0 Å². The van der Waals surface area contributed by atoms with Crippen molar-refractivity contribution in [2.45, 2.75) is 32.1 Å². The second-order valence-corrected chi connectivity index (χ2v) is 4.52. The summed E-state index contributed by atoms with van der Waals surface area (Å²) in [5, 5.41) is 0. The van der Waals surface area contributed by atoms with E-state index in [2.05, 4.69) is 30.8 Å². The van der Waals surface area contributed by atoms with Gasteiger partial charge in [0.15, 0.2) is 0 Å². The van der Waals surface area contributed by atoms with Crippen LogP contribution in [0.4, 0.5) is 0 Å². The Kier molecular flexibility index (Phi) is 3.55. The molecule has 0 bridgehead atoms. The fourth-order valence-corrected chi connectivity index (χ4v) is 2.41. The Bertz CT molecular complexity index is 367. The van der Waals surface area contributed by atoms with Crippen LogP contribution in [-0.4, -0.2) is 5.78 Å². The Morgan fingerprint density at radius 1 is 1.31 bits per heavy atom. The van der Waals surface area contributed by atoms with Gasteiger partial charge in [0.05, 0.1) is 0 Å². The number of rotatable bonds is 5. The first kappa shape index (κ1) is 11.1. The predicted octanol–water partition coefficient (Wildman–Crippen LogP) is 3.33. The normalized spacial score (nSPS) is 14.8. The van der Waals surface area contributed by atoms with E-state index in [1.165, 1.54) is 11.1 Å². The van der Waals surface area contributed by atoms with Crippen molar-refractivity contribution in [1.82, 2.24) is 0 Å². The van der Waals surface area contributed by atoms with Crippen molar-refractivity contribution < 1.29 is 4.79 Å². The summed E-state index contributed by atoms with van der Waals surface area (Å²) >= 11 is 0. The molecule has 0 heterocycles. The summed E-state index contributed by atoms with van der Waals surface area (Å²) in [7, 11) is 0. The van der Waals surface area contributed by atoms with Gasteiger partial charge in [-0.2, -0.15) is 0 Å². The zero-order chi connectivity index (χ0) is 11.4. The van der Waals surface area contributed by atoms with E-state index in [4.69, 9.17) is 0 Å². The number of carbonyl (C=O) groups is 1. The van der Waals surface area contributed by atoms with Crippen LogP contribution in [0.15, 0.2) is 36.9 Å². The Hall–Kier alpha value is -1.37. The molecule has 0 saturated heterocycles. The monoisotopic (exact) mass is 214 g/mol. The van der Waals surface area contributed by atoms with Crippen LogP contribution < -0.4 is 0 Å².